The Bertz CT molecular complexity index is 923. The molecule has 6 nitrogen and oxygen atoms in total. The number of oxazole rings is 1. The van der Waals surface area contributed by atoms with E-state index in [0.717, 1.165) is 5.56 Å². The van der Waals surface area contributed by atoms with E-state index < -0.39 is 0 Å². The van der Waals surface area contributed by atoms with Crippen LogP contribution in [0.1, 0.15) is 41.6 Å². The largest absolute Gasteiger partial charge is 0.467 e. The number of hydrogen-bond acceptors (Lipinski definition) is 5. The Balaban J connectivity index is 1.62. The van der Waals surface area contributed by atoms with Crippen LogP contribution in [-0.4, -0.2) is 21.8 Å². The zero-order chi connectivity index (χ0) is 20.1. The molecule has 0 saturated heterocycles. The summed E-state index contributed by atoms with van der Waals surface area (Å²) < 4.78 is 10.7. The summed E-state index contributed by atoms with van der Waals surface area (Å²) in [6.07, 6.45) is 2.93. The first-order chi connectivity index (χ1) is 13.4. The number of nitrogens with one attached hydrogen (secondary N) is 1. The predicted octanol–water partition coefficient (Wildman–Crippen LogP) is 4.92. The normalized spacial score (nSPS) is 11.4. The van der Waals surface area contributed by atoms with Gasteiger partial charge >= 0.3 is 0 Å². The van der Waals surface area contributed by atoms with Gasteiger partial charge in [-0.1, -0.05) is 29.3 Å². The molecule has 0 bridgehead atoms. The van der Waals surface area contributed by atoms with Crippen molar-refractivity contribution < 1.29 is 13.6 Å². The van der Waals surface area contributed by atoms with Crippen LogP contribution in [-0.2, 0) is 19.6 Å². The van der Waals surface area contributed by atoms with Gasteiger partial charge in [0, 0.05) is 12.6 Å². The number of nitrogens with zero attached hydrogens (tertiary/aromatic N) is 2. The second kappa shape index (κ2) is 9.28. The minimum Gasteiger partial charge on any atom is -0.467 e. The van der Waals surface area contributed by atoms with Gasteiger partial charge < -0.3 is 14.2 Å². The molecule has 1 aromatic carbocycles. The van der Waals surface area contributed by atoms with Crippen LogP contribution in [0.25, 0.3) is 0 Å². The molecule has 3 aromatic rings. The Morgan fingerprint density at radius 2 is 2.00 bits per heavy atom. The van der Waals surface area contributed by atoms with Gasteiger partial charge in [0.15, 0.2) is 5.69 Å². The van der Waals surface area contributed by atoms with E-state index in [1.165, 1.54) is 6.26 Å². The van der Waals surface area contributed by atoms with Crippen LogP contribution in [0.15, 0.2) is 51.7 Å². The molecule has 1 N–H and O–H groups in total. The first-order valence-corrected chi connectivity index (χ1v) is 9.61. The Kier molecular flexibility index (Phi) is 6.78. The summed E-state index contributed by atoms with van der Waals surface area (Å²) in [6, 6.07) is 9.36. The number of carbonyl (C=O) groups excluding carboxylic acids is 1. The lowest BCUT2D eigenvalue weighted by atomic mass is 10.2. The van der Waals surface area contributed by atoms with Gasteiger partial charge in [-0.3, -0.25) is 9.69 Å². The second-order valence-electron chi connectivity index (χ2n) is 6.64. The van der Waals surface area contributed by atoms with Crippen molar-refractivity contribution in [1.82, 2.24) is 15.2 Å². The molecule has 1 amide bonds. The molecule has 28 heavy (non-hydrogen) atoms. The van der Waals surface area contributed by atoms with Gasteiger partial charge in [0.2, 0.25) is 5.89 Å². The van der Waals surface area contributed by atoms with Crippen molar-refractivity contribution in [3.63, 3.8) is 0 Å². The van der Waals surface area contributed by atoms with Gasteiger partial charge in [0.25, 0.3) is 5.91 Å². The Morgan fingerprint density at radius 1 is 1.18 bits per heavy atom. The van der Waals surface area contributed by atoms with E-state index in [-0.39, 0.29) is 17.6 Å². The smallest absolute Gasteiger partial charge is 0.273 e. The summed E-state index contributed by atoms with van der Waals surface area (Å²) >= 11 is 12.1. The van der Waals surface area contributed by atoms with Crippen molar-refractivity contribution in [2.24, 2.45) is 0 Å². The molecule has 0 spiro atoms. The summed E-state index contributed by atoms with van der Waals surface area (Å²) in [7, 11) is 0. The second-order valence-corrected chi connectivity index (χ2v) is 7.45. The minimum atomic E-state index is -0.313. The molecule has 148 valence electrons. The molecule has 0 aliphatic carbocycles. The summed E-state index contributed by atoms with van der Waals surface area (Å²) in [4.78, 5) is 18.7. The SMILES string of the molecule is CC(C)N(Cc1ccc(Cl)c(Cl)c1)Cc1nc(C(=O)NCc2ccco2)co1. The minimum absolute atomic E-state index is 0.234. The third-order valence-corrected chi connectivity index (χ3v) is 4.97. The van der Waals surface area contributed by atoms with Gasteiger partial charge in [-0.25, -0.2) is 4.98 Å². The van der Waals surface area contributed by atoms with Crippen molar-refractivity contribution in [2.75, 3.05) is 0 Å². The molecule has 0 radical (unpaired) electrons. The van der Waals surface area contributed by atoms with Crippen LogP contribution < -0.4 is 5.32 Å². The van der Waals surface area contributed by atoms with Crippen LogP contribution in [0.2, 0.25) is 10.0 Å². The van der Waals surface area contributed by atoms with E-state index in [9.17, 15) is 4.79 Å². The van der Waals surface area contributed by atoms with E-state index in [0.29, 0.717) is 41.3 Å². The number of benzene rings is 1. The van der Waals surface area contributed by atoms with Crippen LogP contribution >= 0.6 is 23.2 Å². The van der Waals surface area contributed by atoms with Crippen molar-refractivity contribution in [2.45, 2.75) is 39.5 Å². The number of aromatic nitrogens is 1. The third-order valence-electron chi connectivity index (χ3n) is 4.23. The van der Waals surface area contributed by atoms with Crippen LogP contribution in [0, 0.1) is 0 Å². The summed E-state index contributed by atoms with van der Waals surface area (Å²) in [6.45, 7) is 5.57. The zero-order valence-electron chi connectivity index (χ0n) is 15.6. The van der Waals surface area contributed by atoms with Gasteiger partial charge in [0.05, 0.1) is 29.4 Å². The maximum absolute atomic E-state index is 12.2. The number of halogens is 2. The van der Waals surface area contributed by atoms with Crippen LogP contribution in [0.4, 0.5) is 0 Å². The molecule has 2 aromatic heterocycles. The average Bonchev–Trinajstić information content (AvgIpc) is 3.34. The lowest BCUT2D eigenvalue weighted by Crippen LogP contribution is -2.30. The molecule has 8 heteroatoms. The molecule has 0 aliphatic rings. The molecular formula is C20H21Cl2N3O3. The van der Waals surface area contributed by atoms with Gasteiger partial charge in [-0.2, -0.15) is 0 Å². The van der Waals surface area contributed by atoms with Gasteiger partial charge in [-0.15, -0.1) is 0 Å². The summed E-state index contributed by atoms with van der Waals surface area (Å²) in [5.74, 6) is 0.827. The van der Waals surface area contributed by atoms with Crippen LogP contribution in [0.5, 0.6) is 0 Å². The lowest BCUT2D eigenvalue weighted by Gasteiger charge is -2.25. The lowest BCUT2D eigenvalue weighted by molar-refractivity contribution is 0.0943. The quantitative estimate of drug-likeness (QED) is 0.558. The summed E-state index contributed by atoms with van der Waals surface area (Å²) in [5, 5.41) is 3.80. The van der Waals surface area contributed by atoms with Crippen molar-refractivity contribution >= 4 is 29.1 Å². The molecule has 0 fully saturated rings. The fourth-order valence-electron chi connectivity index (χ4n) is 2.63. The van der Waals surface area contributed by atoms with Crippen LogP contribution in [0.3, 0.4) is 0 Å². The van der Waals surface area contributed by atoms with E-state index in [2.05, 4.69) is 29.0 Å². The Hall–Kier alpha value is -2.28. The average molecular weight is 422 g/mol. The van der Waals surface area contributed by atoms with E-state index in [1.54, 1.807) is 24.5 Å². The monoisotopic (exact) mass is 421 g/mol. The molecule has 0 unspecified atom stereocenters. The van der Waals surface area contributed by atoms with Gasteiger partial charge in [0.1, 0.15) is 12.0 Å². The highest BCUT2D eigenvalue weighted by atomic mass is 35.5. The summed E-state index contributed by atoms with van der Waals surface area (Å²) in [5.41, 5.74) is 1.27. The van der Waals surface area contributed by atoms with Crippen molar-refractivity contribution in [1.29, 1.82) is 0 Å². The molecule has 0 atom stereocenters. The topological polar surface area (TPSA) is 71.5 Å². The Labute approximate surface area is 173 Å². The zero-order valence-corrected chi connectivity index (χ0v) is 17.1. The molecule has 0 saturated carbocycles. The fourth-order valence-corrected chi connectivity index (χ4v) is 2.95. The number of amides is 1. The third kappa shape index (κ3) is 5.38. The standard InChI is InChI=1S/C20H21Cl2N3O3/c1-13(2)25(10-14-5-6-16(21)17(22)8-14)11-19-24-18(12-28-19)20(26)23-9-15-4-3-7-27-15/h3-8,12-13H,9-11H2,1-2H3,(H,23,26). The molecular weight excluding hydrogens is 401 g/mol. The van der Waals surface area contributed by atoms with E-state index >= 15 is 0 Å². The molecule has 2 heterocycles. The predicted molar refractivity (Wildman–Crippen MR) is 107 cm³/mol. The molecule has 3 rings (SSSR count). The fraction of sp³-hybridized carbons (Fsp3) is 0.300. The number of carbonyl (C=O) groups is 1. The Morgan fingerprint density at radius 3 is 2.68 bits per heavy atom. The van der Waals surface area contributed by atoms with Crippen molar-refractivity contribution in [3.8, 4) is 0 Å². The highest BCUT2D eigenvalue weighted by Gasteiger charge is 2.17. The number of furan rings is 1. The van der Waals surface area contributed by atoms with Crippen molar-refractivity contribution in [3.05, 3.63) is 75.8 Å². The highest BCUT2D eigenvalue weighted by molar-refractivity contribution is 6.42. The number of rotatable bonds is 8. The first kappa shape index (κ1) is 20.5. The first-order valence-electron chi connectivity index (χ1n) is 8.85. The maximum atomic E-state index is 12.2. The molecule has 0 aliphatic heterocycles. The number of hydrogen-bond donors (Lipinski definition) is 1. The van der Waals surface area contributed by atoms with E-state index in [1.807, 2.05) is 12.1 Å². The maximum Gasteiger partial charge on any atom is 0.273 e. The van der Waals surface area contributed by atoms with E-state index in [4.69, 9.17) is 32.0 Å². The highest BCUT2D eigenvalue weighted by Crippen LogP contribution is 2.24. The van der Waals surface area contributed by atoms with Gasteiger partial charge in [-0.05, 0) is 43.7 Å².